The molecule has 1 aliphatic carbocycles. The van der Waals surface area contributed by atoms with Gasteiger partial charge in [0.15, 0.2) is 0 Å². The summed E-state index contributed by atoms with van der Waals surface area (Å²) in [5.41, 5.74) is 2.35. The van der Waals surface area contributed by atoms with E-state index in [9.17, 15) is 9.59 Å². The highest BCUT2D eigenvalue weighted by Gasteiger charge is 2.43. The fraction of sp³-hybridized carbons (Fsp3) is 0.333. The van der Waals surface area contributed by atoms with Crippen LogP contribution in [0.15, 0.2) is 36.4 Å². The second-order valence-corrected chi connectivity index (χ2v) is 5.57. The minimum Gasteiger partial charge on any atom is -0.269 e. The van der Waals surface area contributed by atoms with Crippen molar-refractivity contribution in [3.8, 4) is 0 Å². The van der Waals surface area contributed by atoms with Gasteiger partial charge < -0.3 is 0 Å². The summed E-state index contributed by atoms with van der Waals surface area (Å²) in [5.74, 6) is -0.394. The predicted molar refractivity (Wildman–Crippen MR) is 67.8 cm³/mol. The van der Waals surface area contributed by atoms with E-state index in [4.69, 9.17) is 0 Å². The molecule has 0 saturated carbocycles. The van der Waals surface area contributed by atoms with Gasteiger partial charge in [-0.3, -0.25) is 14.5 Å². The molecule has 3 nitrogen and oxygen atoms in total. The third kappa shape index (κ3) is 1.43. The predicted octanol–water partition coefficient (Wildman–Crippen LogP) is 2.33. The first-order valence-electron chi connectivity index (χ1n) is 6.15. The van der Waals surface area contributed by atoms with Crippen LogP contribution in [0.3, 0.4) is 0 Å². The molecule has 1 heterocycles. The van der Waals surface area contributed by atoms with Crippen LogP contribution in [0.1, 0.15) is 37.4 Å². The molecular formula is C15H15NO2. The highest BCUT2D eigenvalue weighted by molar-refractivity contribution is 6.13. The van der Waals surface area contributed by atoms with E-state index in [0.29, 0.717) is 0 Å². The van der Waals surface area contributed by atoms with Gasteiger partial charge in [0.05, 0.1) is 6.04 Å². The fourth-order valence-corrected chi connectivity index (χ4v) is 3.06. The summed E-state index contributed by atoms with van der Waals surface area (Å²) in [6, 6.07) is 7.97. The lowest BCUT2D eigenvalue weighted by Crippen LogP contribution is -2.33. The zero-order valence-corrected chi connectivity index (χ0v) is 10.5. The molecule has 2 aliphatic rings. The molecule has 0 radical (unpaired) electrons. The first kappa shape index (κ1) is 11.2. The summed E-state index contributed by atoms with van der Waals surface area (Å²) in [7, 11) is 0. The lowest BCUT2D eigenvalue weighted by atomic mass is 9.86. The van der Waals surface area contributed by atoms with E-state index in [1.807, 2.05) is 18.2 Å². The van der Waals surface area contributed by atoms with Crippen molar-refractivity contribution >= 4 is 11.8 Å². The Balaban J connectivity index is 2.07. The van der Waals surface area contributed by atoms with Crippen LogP contribution in [0.5, 0.6) is 0 Å². The van der Waals surface area contributed by atoms with E-state index in [1.54, 1.807) is 0 Å². The van der Waals surface area contributed by atoms with Gasteiger partial charge in [0, 0.05) is 12.2 Å². The number of hydrogen-bond acceptors (Lipinski definition) is 2. The normalized spacial score (nSPS) is 24.8. The minimum absolute atomic E-state index is 0.00438. The zero-order valence-electron chi connectivity index (χ0n) is 10.5. The molecule has 0 unspecified atom stereocenters. The third-order valence-electron chi connectivity index (χ3n) is 3.91. The summed E-state index contributed by atoms with van der Waals surface area (Å²) in [4.78, 5) is 25.0. The Hall–Kier alpha value is -1.90. The quantitative estimate of drug-likeness (QED) is 0.708. The summed E-state index contributed by atoms with van der Waals surface area (Å²) in [6.45, 7) is 4.31. The Bertz CT molecular complexity index is 554. The molecule has 18 heavy (non-hydrogen) atoms. The highest BCUT2D eigenvalue weighted by Crippen LogP contribution is 2.47. The van der Waals surface area contributed by atoms with Crippen molar-refractivity contribution in [1.29, 1.82) is 0 Å². The van der Waals surface area contributed by atoms with Gasteiger partial charge in [-0.2, -0.15) is 0 Å². The Labute approximate surface area is 106 Å². The van der Waals surface area contributed by atoms with Crippen molar-refractivity contribution in [3.63, 3.8) is 0 Å². The molecular weight excluding hydrogens is 226 g/mol. The molecule has 92 valence electrons. The van der Waals surface area contributed by atoms with Crippen LogP contribution in [-0.4, -0.2) is 16.7 Å². The molecule has 0 fully saturated rings. The number of rotatable bonds is 1. The van der Waals surface area contributed by atoms with Crippen molar-refractivity contribution in [2.75, 3.05) is 0 Å². The number of carbonyl (C=O) groups excluding carboxylic acids is 2. The molecule has 3 heteroatoms. The van der Waals surface area contributed by atoms with Gasteiger partial charge in [-0.25, -0.2) is 0 Å². The topological polar surface area (TPSA) is 37.4 Å². The number of imide groups is 1. The van der Waals surface area contributed by atoms with Crippen molar-refractivity contribution in [2.24, 2.45) is 0 Å². The van der Waals surface area contributed by atoms with Gasteiger partial charge in [-0.15, -0.1) is 0 Å². The Morgan fingerprint density at radius 2 is 1.72 bits per heavy atom. The van der Waals surface area contributed by atoms with E-state index in [-0.39, 0.29) is 23.3 Å². The second kappa shape index (κ2) is 3.55. The molecule has 2 amide bonds. The van der Waals surface area contributed by atoms with E-state index >= 15 is 0 Å². The van der Waals surface area contributed by atoms with Gasteiger partial charge in [-0.05, 0) is 23.0 Å². The SMILES string of the molecule is CC1(C)C[C@H](N2C(=O)C=CC2=O)c2ccccc21. The van der Waals surface area contributed by atoms with Crippen LogP contribution in [-0.2, 0) is 15.0 Å². The maximum absolute atomic E-state index is 11.8. The van der Waals surface area contributed by atoms with Crippen LogP contribution in [0.2, 0.25) is 0 Å². The van der Waals surface area contributed by atoms with E-state index in [0.717, 1.165) is 12.0 Å². The molecule has 0 spiro atoms. The summed E-state index contributed by atoms with van der Waals surface area (Å²) < 4.78 is 0. The van der Waals surface area contributed by atoms with E-state index in [1.165, 1.54) is 22.6 Å². The smallest absolute Gasteiger partial charge is 0.254 e. The number of fused-ring (bicyclic) bond motifs is 1. The van der Waals surface area contributed by atoms with Gasteiger partial charge in [0.25, 0.3) is 11.8 Å². The van der Waals surface area contributed by atoms with E-state index in [2.05, 4.69) is 19.9 Å². The van der Waals surface area contributed by atoms with Crippen molar-refractivity contribution in [1.82, 2.24) is 4.90 Å². The largest absolute Gasteiger partial charge is 0.269 e. The minimum atomic E-state index is -0.197. The fourth-order valence-electron chi connectivity index (χ4n) is 3.06. The molecule has 1 atom stereocenters. The van der Waals surface area contributed by atoms with E-state index < -0.39 is 0 Å². The maximum Gasteiger partial charge on any atom is 0.254 e. The monoisotopic (exact) mass is 241 g/mol. The molecule has 0 bridgehead atoms. The van der Waals surface area contributed by atoms with Gasteiger partial charge >= 0.3 is 0 Å². The number of benzene rings is 1. The molecule has 1 aliphatic heterocycles. The Morgan fingerprint density at radius 3 is 2.39 bits per heavy atom. The third-order valence-corrected chi connectivity index (χ3v) is 3.91. The van der Waals surface area contributed by atoms with Crippen LogP contribution in [0, 0.1) is 0 Å². The Morgan fingerprint density at radius 1 is 1.11 bits per heavy atom. The molecule has 3 rings (SSSR count). The standard InChI is InChI=1S/C15H15NO2/c1-15(2)9-12(10-5-3-4-6-11(10)15)16-13(17)7-8-14(16)18/h3-8,12H,9H2,1-2H3/t12-/m0/s1. The Kier molecular flexibility index (Phi) is 2.21. The van der Waals surface area contributed by atoms with Gasteiger partial charge in [0.2, 0.25) is 0 Å². The lowest BCUT2D eigenvalue weighted by molar-refractivity contribution is -0.139. The lowest BCUT2D eigenvalue weighted by Gasteiger charge is -2.24. The number of amides is 2. The summed E-state index contributed by atoms with van der Waals surface area (Å²) in [5, 5.41) is 0. The highest BCUT2D eigenvalue weighted by atomic mass is 16.2. The number of nitrogens with zero attached hydrogens (tertiary/aromatic N) is 1. The van der Waals surface area contributed by atoms with Crippen molar-refractivity contribution < 1.29 is 9.59 Å². The number of hydrogen-bond donors (Lipinski definition) is 0. The first-order chi connectivity index (χ1) is 8.50. The average molecular weight is 241 g/mol. The summed E-state index contributed by atoms with van der Waals surface area (Å²) >= 11 is 0. The molecule has 1 aromatic rings. The number of carbonyl (C=O) groups is 2. The average Bonchev–Trinajstić information content (AvgIpc) is 2.79. The van der Waals surface area contributed by atoms with Gasteiger partial charge in [0.1, 0.15) is 0 Å². The summed E-state index contributed by atoms with van der Waals surface area (Å²) in [6.07, 6.45) is 3.51. The maximum atomic E-state index is 11.8. The van der Waals surface area contributed by atoms with Crippen LogP contribution < -0.4 is 0 Å². The van der Waals surface area contributed by atoms with Gasteiger partial charge in [-0.1, -0.05) is 38.1 Å². The molecule has 0 N–H and O–H groups in total. The first-order valence-corrected chi connectivity index (χ1v) is 6.15. The van der Waals surface area contributed by atoms with Crippen molar-refractivity contribution in [3.05, 3.63) is 47.5 Å². The van der Waals surface area contributed by atoms with Crippen LogP contribution in [0.25, 0.3) is 0 Å². The van der Waals surface area contributed by atoms with Crippen molar-refractivity contribution in [2.45, 2.75) is 31.7 Å². The van der Waals surface area contributed by atoms with Crippen LogP contribution in [0.4, 0.5) is 0 Å². The van der Waals surface area contributed by atoms with Crippen LogP contribution >= 0.6 is 0 Å². The second-order valence-electron chi connectivity index (χ2n) is 5.57. The molecule has 0 aromatic heterocycles. The molecule has 0 saturated heterocycles. The zero-order chi connectivity index (χ0) is 12.9. The molecule has 1 aromatic carbocycles.